The zero-order valence-corrected chi connectivity index (χ0v) is 19.2. The molecule has 6 rings (SSSR count). The summed E-state index contributed by atoms with van der Waals surface area (Å²) in [5, 5.41) is 16.7. The van der Waals surface area contributed by atoms with Gasteiger partial charge < -0.3 is 5.32 Å². The summed E-state index contributed by atoms with van der Waals surface area (Å²) in [4.78, 5) is 21.1. The molecule has 0 spiro atoms. The minimum Gasteiger partial charge on any atom is -0.339 e. The Labute approximate surface area is 207 Å². The molecule has 190 valence electrons. The second-order valence-corrected chi connectivity index (χ2v) is 9.44. The minimum atomic E-state index is -4.54. The first-order valence-corrected chi connectivity index (χ1v) is 11.5. The third-order valence-electron chi connectivity index (χ3n) is 5.98. The van der Waals surface area contributed by atoms with Gasteiger partial charge in [-0.1, -0.05) is 5.21 Å². The largest absolute Gasteiger partial charge is 0.425 e. The first kappa shape index (κ1) is 23.2. The number of carbonyl (C=O) groups is 1. The Morgan fingerprint density at radius 2 is 2.00 bits per heavy atom. The topological polar surface area (TPSA) is 119 Å². The molecule has 2 N–H and O–H groups in total. The van der Waals surface area contributed by atoms with Gasteiger partial charge in [-0.05, 0) is 31.0 Å². The first-order valence-electron chi connectivity index (χ1n) is 10.7. The molecule has 10 nitrogen and oxygen atoms in total. The van der Waals surface area contributed by atoms with Crippen LogP contribution in [0.4, 0.5) is 22.0 Å². The van der Waals surface area contributed by atoms with Crippen LogP contribution in [0.1, 0.15) is 46.0 Å². The van der Waals surface area contributed by atoms with E-state index < -0.39 is 34.6 Å². The molecule has 1 fully saturated rings. The molecule has 5 heterocycles. The second-order valence-electron chi connectivity index (χ2n) is 8.35. The molecule has 0 atom stereocenters. The van der Waals surface area contributed by atoms with E-state index in [0.29, 0.717) is 30.0 Å². The number of rotatable bonds is 6. The van der Waals surface area contributed by atoms with E-state index in [-0.39, 0.29) is 27.5 Å². The molecule has 1 aliphatic carbocycles. The first-order chi connectivity index (χ1) is 17.7. The van der Waals surface area contributed by atoms with Crippen molar-refractivity contribution < 1.29 is 26.7 Å². The van der Waals surface area contributed by atoms with E-state index in [0.717, 1.165) is 16.9 Å². The fourth-order valence-corrected chi connectivity index (χ4v) is 4.89. The Bertz CT molecular complexity index is 1610. The van der Waals surface area contributed by atoms with E-state index >= 15 is 0 Å². The van der Waals surface area contributed by atoms with E-state index in [1.165, 1.54) is 35.3 Å². The van der Waals surface area contributed by atoms with Crippen molar-refractivity contribution in [3.8, 4) is 16.3 Å². The number of hydrogen-bond donors (Lipinski definition) is 2. The fraction of sp³-hybridized carbons (Fsp3) is 0.238. The average molecular weight is 535 g/mol. The van der Waals surface area contributed by atoms with Gasteiger partial charge in [-0.2, -0.15) is 18.3 Å². The molecule has 5 aromatic heterocycles. The minimum absolute atomic E-state index is 0.00353. The molecule has 0 unspecified atom stereocenters. The van der Waals surface area contributed by atoms with Gasteiger partial charge in [0.05, 0.1) is 34.1 Å². The summed E-state index contributed by atoms with van der Waals surface area (Å²) in [5.74, 6) is -0.0856. The number of fused-ring (bicyclic) bond motifs is 1. The molecule has 37 heavy (non-hydrogen) atoms. The van der Waals surface area contributed by atoms with Gasteiger partial charge in [-0.3, -0.25) is 14.3 Å². The molecule has 0 aromatic carbocycles. The predicted molar refractivity (Wildman–Crippen MR) is 118 cm³/mol. The maximum absolute atomic E-state index is 13.6. The normalized spacial score (nSPS) is 15.0. The molecular formula is C21H14F5N9OS. The van der Waals surface area contributed by atoms with E-state index in [2.05, 4.69) is 35.8 Å². The molecule has 0 saturated heterocycles. The number of nitrogens with one attached hydrogen (secondary N) is 2. The van der Waals surface area contributed by atoms with Crippen LogP contribution in [0.3, 0.4) is 0 Å². The number of H-pyrrole nitrogens is 1. The van der Waals surface area contributed by atoms with Gasteiger partial charge in [-0.25, -0.2) is 23.4 Å². The van der Waals surface area contributed by atoms with Gasteiger partial charge >= 0.3 is 6.18 Å². The summed E-state index contributed by atoms with van der Waals surface area (Å²) in [6.45, 7) is 0. The number of imidazole rings is 1. The number of nitrogens with zero attached hydrogens (tertiary/aromatic N) is 7. The summed E-state index contributed by atoms with van der Waals surface area (Å²) in [6.07, 6.45) is -1.37. The lowest BCUT2D eigenvalue weighted by molar-refractivity contribution is -0.134. The van der Waals surface area contributed by atoms with Gasteiger partial charge in [0.1, 0.15) is 28.4 Å². The molecule has 5 aromatic rings. The van der Waals surface area contributed by atoms with Gasteiger partial charge in [-0.15, -0.1) is 16.4 Å². The van der Waals surface area contributed by atoms with Gasteiger partial charge in [0, 0.05) is 6.20 Å². The van der Waals surface area contributed by atoms with Crippen molar-refractivity contribution in [2.45, 2.75) is 31.0 Å². The van der Waals surface area contributed by atoms with Crippen LogP contribution in [-0.2, 0) is 11.7 Å². The Kier molecular flexibility index (Phi) is 5.11. The number of pyridine rings is 1. The number of carbonyl (C=O) groups excluding carboxylic acids is 1. The monoisotopic (exact) mass is 535 g/mol. The maximum atomic E-state index is 13.6. The lowest BCUT2D eigenvalue weighted by Gasteiger charge is -2.16. The highest BCUT2D eigenvalue weighted by Crippen LogP contribution is 2.44. The van der Waals surface area contributed by atoms with Crippen LogP contribution < -0.4 is 5.32 Å². The number of aromatic nitrogens is 8. The molecular weight excluding hydrogens is 521 g/mol. The summed E-state index contributed by atoms with van der Waals surface area (Å²) in [5.41, 5.74) is -0.921. The maximum Gasteiger partial charge on any atom is 0.425 e. The number of thiophene rings is 1. The third kappa shape index (κ3) is 3.92. The van der Waals surface area contributed by atoms with Crippen LogP contribution in [0.25, 0.3) is 21.9 Å². The SMILES string of the molecule is O=C(NC1(c2ncn[nH]2)CC1)c1cc(-n2nncc2C(F)F)c2ncc(-c3ccc(C(F)(F)F)s3)n2c1. The van der Waals surface area contributed by atoms with Crippen molar-refractivity contribution in [1.82, 2.24) is 44.9 Å². The summed E-state index contributed by atoms with van der Waals surface area (Å²) >= 11 is 0.496. The number of alkyl halides is 5. The highest BCUT2D eigenvalue weighted by atomic mass is 32.1. The summed E-state index contributed by atoms with van der Waals surface area (Å²) in [7, 11) is 0. The van der Waals surface area contributed by atoms with Crippen LogP contribution >= 0.6 is 11.3 Å². The zero-order valence-electron chi connectivity index (χ0n) is 18.4. The van der Waals surface area contributed by atoms with Crippen LogP contribution in [0, 0.1) is 0 Å². The van der Waals surface area contributed by atoms with Crippen LogP contribution in [0.15, 0.2) is 43.1 Å². The van der Waals surface area contributed by atoms with Crippen molar-refractivity contribution >= 4 is 22.9 Å². The third-order valence-corrected chi connectivity index (χ3v) is 7.14. The van der Waals surface area contributed by atoms with E-state index in [4.69, 9.17) is 0 Å². The fourth-order valence-electron chi connectivity index (χ4n) is 4.01. The van der Waals surface area contributed by atoms with Crippen molar-refractivity contribution in [3.63, 3.8) is 0 Å². The number of halogens is 5. The molecule has 0 bridgehead atoms. The van der Waals surface area contributed by atoms with E-state index in [1.54, 1.807) is 0 Å². The Morgan fingerprint density at radius 3 is 2.65 bits per heavy atom. The summed E-state index contributed by atoms with van der Waals surface area (Å²) < 4.78 is 69.2. The summed E-state index contributed by atoms with van der Waals surface area (Å²) in [6, 6.07) is 3.55. The molecule has 0 aliphatic heterocycles. The van der Waals surface area contributed by atoms with E-state index in [1.807, 2.05) is 0 Å². The van der Waals surface area contributed by atoms with Crippen molar-refractivity contribution in [2.24, 2.45) is 0 Å². The van der Waals surface area contributed by atoms with Crippen LogP contribution in [0.5, 0.6) is 0 Å². The Hall–Kier alpha value is -4.21. The van der Waals surface area contributed by atoms with Crippen molar-refractivity contribution in [3.05, 3.63) is 65.1 Å². The van der Waals surface area contributed by atoms with Crippen LogP contribution in [-0.4, -0.2) is 45.5 Å². The zero-order chi connectivity index (χ0) is 25.9. The quantitative estimate of drug-likeness (QED) is 0.316. The Balaban J connectivity index is 1.49. The van der Waals surface area contributed by atoms with Crippen molar-refractivity contribution in [1.29, 1.82) is 0 Å². The highest BCUT2D eigenvalue weighted by Gasteiger charge is 2.48. The lowest BCUT2D eigenvalue weighted by Crippen LogP contribution is -2.36. The number of aromatic amines is 1. The van der Waals surface area contributed by atoms with E-state index in [9.17, 15) is 26.7 Å². The second kappa shape index (κ2) is 8.16. The molecule has 1 saturated carbocycles. The van der Waals surface area contributed by atoms with Crippen molar-refractivity contribution in [2.75, 3.05) is 0 Å². The smallest absolute Gasteiger partial charge is 0.339 e. The lowest BCUT2D eigenvalue weighted by atomic mass is 10.2. The van der Waals surface area contributed by atoms with Crippen LogP contribution in [0.2, 0.25) is 0 Å². The highest BCUT2D eigenvalue weighted by molar-refractivity contribution is 7.15. The Morgan fingerprint density at radius 1 is 1.19 bits per heavy atom. The molecule has 16 heteroatoms. The number of amides is 1. The molecule has 1 amide bonds. The molecule has 0 radical (unpaired) electrons. The standard InChI is InChI=1S/C21H14F5N9OS/c22-16(23)13-7-29-33-35(13)11-5-10(18(36)31-20(3-4-20)19-28-9-30-32-19)8-34-12(6-27-17(11)34)14-1-2-15(37-14)21(24,25)26/h1-2,5-9,16H,3-4H2,(H,31,36)(H,28,30,32). The average Bonchev–Trinajstić information content (AvgIpc) is 3.44. The predicted octanol–water partition coefficient (Wildman–Crippen LogP) is 4.14. The molecule has 1 aliphatic rings. The van der Waals surface area contributed by atoms with Gasteiger partial charge in [0.15, 0.2) is 5.65 Å². The van der Waals surface area contributed by atoms with Gasteiger partial charge in [0.2, 0.25) is 0 Å². The number of hydrogen-bond acceptors (Lipinski definition) is 7. The van der Waals surface area contributed by atoms with Gasteiger partial charge in [0.25, 0.3) is 12.3 Å².